The molecule has 5 aromatic rings. The van der Waals surface area contributed by atoms with Crippen molar-refractivity contribution in [2.24, 2.45) is 5.41 Å². The Morgan fingerprint density at radius 2 is 1.70 bits per heavy atom. The lowest BCUT2D eigenvalue weighted by Crippen LogP contribution is -2.32. The molecule has 1 saturated heterocycles. The number of pyridine rings is 2. The number of hydrogen-bond acceptors (Lipinski definition) is 7. The van der Waals surface area contributed by atoms with Gasteiger partial charge in [0.15, 0.2) is 0 Å². The minimum Gasteiger partial charge on any atom is -0.381 e. The van der Waals surface area contributed by atoms with Crippen LogP contribution in [0.2, 0.25) is 0 Å². The van der Waals surface area contributed by atoms with E-state index in [9.17, 15) is 18.8 Å². The quantitative estimate of drug-likeness (QED) is 0.152. The van der Waals surface area contributed by atoms with E-state index >= 15 is 0 Å². The second-order valence-corrected chi connectivity index (χ2v) is 16.1. The number of anilines is 3. The van der Waals surface area contributed by atoms with Crippen LogP contribution < -0.4 is 15.1 Å². The summed E-state index contributed by atoms with van der Waals surface area (Å²) in [5, 5.41) is 3.02. The molecule has 3 aromatic heterocycles. The van der Waals surface area contributed by atoms with Crippen LogP contribution in [0.15, 0.2) is 72.8 Å². The van der Waals surface area contributed by atoms with Crippen molar-refractivity contribution in [2.75, 3.05) is 41.9 Å². The molecule has 0 atom stereocenters. The van der Waals surface area contributed by atoms with E-state index in [1.807, 2.05) is 44.2 Å². The van der Waals surface area contributed by atoms with E-state index in [0.29, 0.717) is 57.0 Å². The van der Waals surface area contributed by atoms with Gasteiger partial charge in [-0.05, 0) is 137 Å². The molecule has 3 amide bonds. The molecule has 0 saturated carbocycles. The van der Waals surface area contributed by atoms with Crippen molar-refractivity contribution in [3.05, 3.63) is 123 Å². The van der Waals surface area contributed by atoms with E-state index in [1.54, 1.807) is 55.3 Å². The molecule has 7 rings (SSSR count). The van der Waals surface area contributed by atoms with Crippen molar-refractivity contribution >= 4 is 46.1 Å². The molecule has 1 fully saturated rings. The van der Waals surface area contributed by atoms with Gasteiger partial charge >= 0.3 is 0 Å². The second kappa shape index (κ2) is 16.5. The maximum atomic E-state index is 14.8. The van der Waals surface area contributed by atoms with E-state index in [0.717, 1.165) is 79.3 Å². The molecule has 11 heteroatoms. The van der Waals surface area contributed by atoms with E-state index in [4.69, 9.17) is 14.7 Å². The zero-order valence-electron chi connectivity index (χ0n) is 32.7. The van der Waals surface area contributed by atoms with Gasteiger partial charge < -0.3 is 19.9 Å². The van der Waals surface area contributed by atoms with Crippen molar-refractivity contribution in [3.8, 4) is 10.6 Å². The lowest BCUT2D eigenvalue weighted by molar-refractivity contribution is 0.00708. The average molecular weight is 774 g/mol. The molecule has 9 nitrogen and oxygen atoms in total. The predicted molar refractivity (Wildman–Crippen MR) is 221 cm³/mol. The highest BCUT2D eigenvalue weighted by atomic mass is 32.1. The number of carbonyl (C=O) groups is 3. The Bertz CT molecular complexity index is 2260. The van der Waals surface area contributed by atoms with Gasteiger partial charge in [0.05, 0.1) is 32.4 Å². The summed E-state index contributed by atoms with van der Waals surface area (Å²) in [6, 6.07) is 21.0. The molecule has 0 spiro atoms. The Morgan fingerprint density at radius 1 is 0.964 bits per heavy atom. The molecule has 1 N–H and O–H groups in total. The number of para-hydroxylation sites is 1. The van der Waals surface area contributed by atoms with E-state index < -0.39 is 5.82 Å². The van der Waals surface area contributed by atoms with Crippen molar-refractivity contribution in [1.29, 1.82) is 0 Å². The minimum atomic E-state index is -0.458. The fraction of sp³-hybridized carbons (Fsp3) is 0.356. The van der Waals surface area contributed by atoms with Crippen LogP contribution in [0.3, 0.4) is 0 Å². The molecular formula is C45H48FN5O4S. The molecule has 0 radical (unpaired) electrons. The highest BCUT2D eigenvalue weighted by Crippen LogP contribution is 2.42. The topological polar surface area (TPSA) is 105 Å². The number of rotatable bonds is 10. The first-order chi connectivity index (χ1) is 27.0. The number of hydrogen-bond donors (Lipinski definition) is 1. The molecule has 5 heterocycles. The Labute approximate surface area is 331 Å². The monoisotopic (exact) mass is 773 g/mol. The SMILES string of the molecule is CCC1(CCCc2nc(C)ccc2C(=O)Nc2ccc(C(=O)N3CCc4cc(C(=O)N(C)c5c(C)cccc5F)sc4-c4nc(C)ccc43)cc2)CCOCC1. The lowest BCUT2D eigenvalue weighted by atomic mass is 9.74. The van der Waals surface area contributed by atoms with Gasteiger partial charge in [0.2, 0.25) is 0 Å². The molecule has 0 aliphatic carbocycles. The fourth-order valence-electron chi connectivity index (χ4n) is 8.01. The van der Waals surface area contributed by atoms with Gasteiger partial charge in [0.1, 0.15) is 11.5 Å². The van der Waals surface area contributed by atoms with E-state index in [2.05, 4.69) is 12.2 Å². The van der Waals surface area contributed by atoms with Gasteiger partial charge in [-0.25, -0.2) is 4.39 Å². The summed E-state index contributed by atoms with van der Waals surface area (Å²) in [5.74, 6) is -1.20. The molecule has 2 aliphatic heterocycles. The van der Waals surface area contributed by atoms with Crippen molar-refractivity contribution in [1.82, 2.24) is 9.97 Å². The molecule has 0 bridgehead atoms. The first-order valence-electron chi connectivity index (χ1n) is 19.4. The first-order valence-corrected chi connectivity index (χ1v) is 20.2. The van der Waals surface area contributed by atoms with Gasteiger partial charge in [0.25, 0.3) is 17.7 Å². The van der Waals surface area contributed by atoms with Crippen LogP contribution in [-0.2, 0) is 17.6 Å². The summed E-state index contributed by atoms with van der Waals surface area (Å²) in [4.78, 5) is 55.4. The largest absolute Gasteiger partial charge is 0.381 e. The first kappa shape index (κ1) is 39.0. The average Bonchev–Trinajstić information content (AvgIpc) is 3.56. The number of aryl methyl sites for hydroxylation is 4. The van der Waals surface area contributed by atoms with Crippen molar-refractivity contribution < 1.29 is 23.5 Å². The van der Waals surface area contributed by atoms with E-state index in [1.165, 1.54) is 22.3 Å². The number of nitrogens with one attached hydrogen (secondary N) is 1. The standard InChI is InChI=1S/C45H48FN5O4S/c1-6-45(22-25-55-26-23-45)21-8-11-36-34(18-12-29(3)47-36)42(52)49-33-16-14-31(15-17-33)43(53)51-24-20-32-27-38(56-41(32)39-37(51)19-13-30(4)48-39)44(54)50(5)40-28(2)9-7-10-35(40)46/h7,9-10,12-19,27H,6,8,11,20-26H2,1-5H3,(H,49,52). The molecule has 2 aromatic carbocycles. The minimum absolute atomic E-state index is 0.199. The number of fused-ring (bicyclic) bond motifs is 3. The van der Waals surface area contributed by atoms with Crippen molar-refractivity contribution in [3.63, 3.8) is 0 Å². The zero-order valence-corrected chi connectivity index (χ0v) is 33.5. The number of halogens is 1. The van der Waals surface area contributed by atoms with Gasteiger partial charge in [0, 0.05) is 49.4 Å². The third-order valence-electron chi connectivity index (χ3n) is 11.4. The summed E-state index contributed by atoms with van der Waals surface area (Å²) >= 11 is 1.31. The Hall–Kier alpha value is -5.26. The molecule has 0 unspecified atom stereocenters. The third-order valence-corrected chi connectivity index (χ3v) is 12.6. The van der Waals surface area contributed by atoms with Crippen LogP contribution >= 0.6 is 11.3 Å². The number of aromatic nitrogens is 2. The maximum absolute atomic E-state index is 14.8. The van der Waals surface area contributed by atoms with Crippen LogP contribution in [0.5, 0.6) is 0 Å². The molecular weight excluding hydrogens is 726 g/mol. The molecule has 290 valence electrons. The number of ether oxygens (including phenoxy) is 1. The van der Waals surface area contributed by atoms with Gasteiger partial charge in [-0.3, -0.25) is 24.4 Å². The van der Waals surface area contributed by atoms with Gasteiger partial charge in [-0.1, -0.05) is 25.5 Å². The summed E-state index contributed by atoms with van der Waals surface area (Å²) in [7, 11) is 1.58. The number of amides is 3. The second-order valence-electron chi connectivity index (χ2n) is 15.1. The van der Waals surface area contributed by atoms with Gasteiger partial charge in [-0.15, -0.1) is 11.3 Å². The Balaban J connectivity index is 1.06. The smallest absolute Gasteiger partial charge is 0.268 e. The van der Waals surface area contributed by atoms with Gasteiger partial charge in [-0.2, -0.15) is 0 Å². The third kappa shape index (κ3) is 8.01. The summed E-state index contributed by atoms with van der Waals surface area (Å²) in [6.07, 6.45) is 6.54. The number of carbonyl (C=O) groups excluding carboxylic acids is 3. The summed E-state index contributed by atoms with van der Waals surface area (Å²) in [5.41, 5.74) is 7.45. The Kier molecular flexibility index (Phi) is 11.5. The number of nitrogens with zero attached hydrogens (tertiary/aromatic N) is 4. The van der Waals surface area contributed by atoms with Crippen LogP contribution in [0.4, 0.5) is 21.5 Å². The molecule has 2 aliphatic rings. The van der Waals surface area contributed by atoms with Crippen LogP contribution in [-0.4, -0.2) is 54.5 Å². The zero-order chi connectivity index (χ0) is 39.6. The van der Waals surface area contributed by atoms with Crippen LogP contribution in [0.1, 0.15) is 97.6 Å². The summed E-state index contributed by atoms with van der Waals surface area (Å²) < 4.78 is 20.4. The van der Waals surface area contributed by atoms with Crippen molar-refractivity contribution in [2.45, 2.75) is 72.6 Å². The Morgan fingerprint density at radius 3 is 2.43 bits per heavy atom. The highest BCUT2D eigenvalue weighted by Gasteiger charge is 2.32. The number of benzene rings is 2. The number of thiophene rings is 1. The lowest BCUT2D eigenvalue weighted by Gasteiger charge is -2.36. The normalized spacial score (nSPS) is 14.7. The maximum Gasteiger partial charge on any atom is 0.268 e. The summed E-state index contributed by atoms with van der Waals surface area (Å²) in [6.45, 7) is 9.87. The fourth-order valence-corrected chi connectivity index (χ4v) is 9.19. The highest BCUT2D eigenvalue weighted by molar-refractivity contribution is 7.17. The van der Waals surface area contributed by atoms with Crippen LogP contribution in [0, 0.1) is 32.0 Å². The van der Waals surface area contributed by atoms with Crippen LogP contribution in [0.25, 0.3) is 10.6 Å². The van der Waals surface area contributed by atoms with E-state index in [-0.39, 0.29) is 23.4 Å². The molecule has 56 heavy (non-hydrogen) atoms. The predicted octanol–water partition coefficient (Wildman–Crippen LogP) is 9.53.